The number of benzene rings is 1. The van der Waals surface area contributed by atoms with Crippen LogP contribution in [-0.2, 0) is 0 Å². The molecule has 0 spiro atoms. The van der Waals surface area contributed by atoms with Crippen LogP contribution >= 0.6 is 11.6 Å². The molecule has 0 radical (unpaired) electrons. The van der Waals surface area contributed by atoms with Gasteiger partial charge in [0, 0.05) is 11.1 Å². The predicted molar refractivity (Wildman–Crippen MR) is 74.7 cm³/mol. The molecule has 1 aliphatic rings. The molecule has 0 bridgehead atoms. The van der Waals surface area contributed by atoms with E-state index in [0.29, 0.717) is 12.0 Å². The molecule has 0 aromatic heterocycles. The summed E-state index contributed by atoms with van der Waals surface area (Å²) in [5.41, 5.74) is 1.33. The maximum Gasteiger partial charge on any atom is 0.0440 e. The van der Waals surface area contributed by atoms with Gasteiger partial charge in [-0.25, -0.2) is 0 Å². The molecule has 0 amide bonds. The molecule has 1 aliphatic carbocycles. The van der Waals surface area contributed by atoms with Crippen LogP contribution in [0.15, 0.2) is 24.3 Å². The molecular weight excluding hydrogens is 230 g/mol. The summed E-state index contributed by atoms with van der Waals surface area (Å²) in [5, 5.41) is 4.56. The molecule has 94 valence electrons. The molecule has 1 N–H and O–H groups in total. The van der Waals surface area contributed by atoms with Crippen LogP contribution in [0.25, 0.3) is 0 Å². The first-order valence-corrected chi connectivity index (χ1v) is 7.17. The van der Waals surface area contributed by atoms with E-state index in [0.717, 1.165) is 5.02 Å². The van der Waals surface area contributed by atoms with E-state index in [9.17, 15) is 0 Å². The number of nitrogens with one attached hydrogen (secondary N) is 1. The predicted octanol–water partition coefficient (Wildman–Crippen LogP) is 4.37. The number of unbranched alkanes of at least 4 members (excludes halogenated alkanes) is 2. The van der Waals surface area contributed by atoms with Crippen LogP contribution in [0.1, 0.15) is 50.5 Å². The molecular formula is C15H22ClN. The molecule has 1 aromatic carbocycles. The lowest BCUT2D eigenvalue weighted by atomic mass is 9.76. The normalized spacial score (nSPS) is 23.4. The van der Waals surface area contributed by atoms with Gasteiger partial charge in [-0.2, -0.15) is 0 Å². The Morgan fingerprint density at radius 2 is 2.00 bits per heavy atom. The van der Waals surface area contributed by atoms with Gasteiger partial charge in [-0.15, -0.1) is 0 Å². The zero-order valence-corrected chi connectivity index (χ0v) is 11.3. The van der Waals surface area contributed by atoms with Crippen LogP contribution in [0.4, 0.5) is 0 Å². The summed E-state index contributed by atoms with van der Waals surface area (Å²) in [6.45, 7) is 3.42. The van der Waals surface area contributed by atoms with Crippen molar-refractivity contribution in [2.75, 3.05) is 6.54 Å². The van der Waals surface area contributed by atoms with Crippen molar-refractivity contribution in [3.63, 3.8) is 0 Å². The summed E-state index contributed by atoms with van der Waals surface area (Å²) >= 11 is 6.20. The van der Waals surface area contributed by atoms with Crippen molar-refractivity contribution in [1.29, 1.82) is 0 Å². The second-order valence-electron chi connectivity index (χ2n) is 5.05. The van der Waals surface area contributed by atoms with Gasteiger partial charge < -0.3 is 5.32 Å². The number of hydrogen-bond acceptors (Lipinski definition) is 1. The minimum atomic E-state index is 0.673. The summed E-state index contributed by atoms with van der Waals surface area (Å²) in [7, 11) is 0. The first-order chi connectivity index (χ1) is 8.31. The highest BCUT2D eigenvalue weighted by Gasteiger charge is 2.30. The molecule has 1 aromatic rings. The summed E-state index contributed by atoms with van der Waals surface area (Å²) in [6, 6.07) is 8.97. The van der Waals surface area contributed by atoms with Gasteiger partial charge in [0.25, 0.3) is 0 Å². The summed E-state index contributed by atoms with van der Waals surface area (Å²) < 4.78 is 0. The Morgan fingerprint density at radius 1 is 1.24 bits per heavy atom. The number of hydrogen-bond donors (Lipinski definition) is 1. The second kappa shape index (κ2) is 6.42. The quantitative estimate of drug-likeness (QED) is 0.741. The van der Waals surface area contributed by atoms with Crippen LogP contribution in [-0.4, -0.2) is 12.6 Å². The molecule has 17 heavy (non-hydrogen) atoms. The lowest BCUT2D eigenvalue weighted by Crippen LogP contribution is -2.40. The molecule has 2 heteroatoms. The van der Waals surface area contributed by atoms with Crippen molar-refractivity contribution in [2.24, 2.45) is 0 Å². The molecule has 0 atom stereocenters. The molecule has 1 nitrogen and oxygen atoms in total. The van der Waals surface area contributed by atoms with Crippen molar-refractivity contribution in [3.8, 4) is 0 Å². The standard InChI is InChI=1S/C15H22ClN/c1-2-3-6-9-17-13-10-12(11-13)14-7-4-5-8-15(14)16/h4-5,7-8,12-13,17H,2-3,6,9-11H2,1H3. The Bertz CT molecular complexity index is 345. The number of halogens is 1. The van der Waals surface area contributed by atoms with Gasteiger partial charge in [-0.05, 0) is 43.4 Å². The maximum atomic E-state index is 6.20. The van der Waals surface area contributed by atoms with E-state index in [-0.39, 0.29) is 0 Å². The average molecular weight is 252 g/mol. The van der Waals surface area contributed by atoms with E-state index < -0.39 is 0 Å². The van der Waals surface area contributed by atoms with Crippen LogP contribution in [0, 0.1) is 0 Å². The van der Waals surface area contributed by atoms with Gasteiger partial charge in [0.15, 0.2) is 0 Å². The third-order valence-electron chi connectivity index (χ3n) is 3.70. The smallest absolute Gasteiger partial charge is 0.0440 e. The molecule has 0 saturated heterocycles. The Labute approximate surface area is 110 Å². The van der Waals surface area contributed by atoms with Crippen molar-refractivity contribution < 1.29 is 0 Å². The fraction of sp³-hybridized carbons (Fsp3) is 0.600. The summed E-state index contributed by atoms with van der Waals surface area (Å²) in [4.78, 5) is 0. The minimum absolute atomic E-state index is 0.673. The molecule has 1 fully saturated rings. The number of rotatable bonds is 6. The topological polar surface area (TPSA) is 12.0 Å². The largest absolute Gasteiger partial charge is 0.314 e. The minimum Gasteiger partial charge on any atom is -0.314 e. The molecule has 0 heterocycles. The summed E-state index contributed by atoms with van der Waals surface area (Å²) in [5.74, 6) is 0.673. The van der Waals surface area contributed by atoms with E-state index in [1.807, 2.05) is 12.1 Å². The lowest BCUT2D eigenvalue weighted by molar-refractivity contribution is 0.290. The average Bonchev–Trinajstić information content (AvgIpc) is 2.28. The SMILES string of the molecule is CCCCCNC1CC(c2ccccc2Cl)C1. The monoisotopic (exact) mass is 251 g/mol. The Hall–Kier alpha value is -0.530. The summed E-state index contributed by atoms with van der Waals surface area (Å²) in [6.07, 6.45) is 6.44. The van der Waals surface area contributed by atoms with E-state index in [2.05, 4.69) is 24.4 Å². The van der Waals surface area contributed by atoms with Gasteiger partial charge >= 0.3 is 0 Å². The molecule has 0 unspecified atom stereocenters. The highest BCUT2D eigenvalue weighted by Crippen LogP contribution is 2.39. The van der Waals surface area contributed by atoms with Crippen LogP contribution in [0.3, 0.4) is 0 Å². The van der Waals surface area contributed by atoms with Crippen LogP contribution in [0.5, 0.6) is 0 Å². The Morgan fingerprint density at radius 3 is 2.71 bits per heavy atom. The fourth-order valence-electron chi connectivity index (χ4n) is 2.53. The molecule has 0 aliphatic heterocycles. The zero-order valence-electron chi connectivity index (χ0n) is 10.6. The first kappa shape index (κ1) is 12.9. The van der Waals surface area contributed by atoms with Crippen molar-refractivity contribution in [3.05, 3.63) is 34.9 Å². The van der Waals surface area contributed by atoms with Gasteiger partial charge in [0.2, 0.25) is 0 Å². The third kappa shape index (κ3) is 3.46. The van der Waals surface area contributed by atoms with Crippen molar-refractivity contribution >= 4 is 11.6 Å². The van der Waals surface area contributed by atoms with Gasteiger partial charge in [0.05, 0.1) is 0 Å². The van der Waals surface area contributed by atoms with E-state index in [4.69, 9.17) is 11.6 Å². The van der Waals surface area contributed by atoms with Gasteiger partial charge in [-0.1, -0.05) is 49.6 Å². The van der Waals surface area contributed by atoms with E-state index in [1.54, 1.807) is 0 Å². The van der Waals surface area contributed by atoms with Crippen LogP contribution in [0.2, 0.25) is 5.02 Å². The van der Waals surface area contributed by atoms with Crippen molar-refractivity contribution in [2.45, 2.75) is 51.0 Å². The van der Waals surface area contributed by atoms with Gasteiger partial charge in [-0.3, -0.25) is 0 Å². The fourth-order valence-corrected chi connectivity index (χ4v) is 2.82. The molecule has 1 saturated carbocycles. The third-order valence-corrected chi connectivity index (χ3v) is 4.04. The first-order valence-electron chi connectivity index (χ1n) is 6.79. The Kier molecular flexibility index (Phi) is 4.87. The second-order valence-corrected chi connectivity index (χ2v) is 5.46. The van der Waals surface area contributed by atoms with Gasteiger partial charge in [0.1, 0.15) is 0 Å². The van der Waals surface area contributed by atoms with E-state index in [1.165, 1.54) is 44.2 Å². The lowest BCUT2D eigenvalue weighted by Gasteiger charge is -2.36. The zero-order chi connectivity index (χ0) is 12.1. The Balaban J connectivity index is 1.70. The van der Waals surface area contributed by atoms with E-state index >= 15 is 0 Å². The molecule has 2 rings (SSSR count). The van der Waals surface area contributed by atoms with Crippen molar-refractivity contribution in [1.82, 2.24) is 5.32 Å². The maximum absolute atomic E-state index is 6.20. The highest BCUT2D eigenvalue weighted by atomic mass is 35.5. The van der Waals surface area contributed by atoms with Crippen LogP contribution < -0.4 is 5.32 Å². The highest BCUT2D eigenvalue weighted by molar-refractivity contribution is 6.31.